The third-order valence-electron chi connectivity index (χ3n) is 4.38. The molecule has 0 radical (unpaired) electrons. The molecule has 4 rings (SSSR count). The molecule has 2 aromatic heterocycles. The Morgan fingerprint density at radius 2 is 1.88 bits per heavy atom. The van der Waals surface area contributed by atoms with Gasteiger partial charge in [-0.15, -0.1) is 10.2 Å². The van der Waals surface area contributed by atoms with Crippen molar-refractivity contribution in [3.8, 4) is 6.07 Å². The van der Waals surface area contributed by atoms with E-state index in [2.05, 4.69) is 58.8 Å². The minimum absolute atomic E-state index is 0.686. The lowest BCUT2D eigenvalue weighted by molar-refractivity contribution is 0.938. The normalized spacial score (nSPS) is 11.1. The number of hydrogen-bond acceptors (Lipinski definition) is 4. The minimum atomic E-state index is 0.686. The van der Waals surface area contributed by atoms with Gasteiger partial charge in [-0.3, -0.25) is 4.40 Å². The molecule has 0 saturated heterocycles. The number of aromatic nitrogens is 3. The number of aryl methyl sites for hydroxylation is 2. The number of rotatable bonds is 3. The van der Waals surface area contributed by atoms with Gasteiger partial charge >= 0.3 is 0 Å². The monoisotopic (exact) mass is 344 g/mol. The second kappa shape index (κ2) is 6.23. The van der Waals surface area contributed by atoms with Crippen LogP contribution in [0.5, 0.6) is 0 Å². The van der Waals surface area contributed by atoms with E-state index in [1.807, 2.05) is 24.3 Å². The Morgan fingerprint density at radius 1 is 1.04 bits per heavy atom. The van der Waals surface area contributed by atoms with E-state index in [0.717, 1.165) is 21.9 Å². The summed E-state index contributed by atoms with van der Waals surface area (Å²) in [6, 6.07) is 18.3. The molecule has 0 atom stereocenters. The van der Waals surface area contributed by atoms with Gasteiger partial charge in [0.25, 0.3) is 0 Å². The van der Waals surface area contributed by atoms with Gasteiger partial charge in [0.15, 0.2) is 10.8 Å². The predicted molar refractivity (Wildman–Crippen MR) is 101 cm³/mol. The van der Waals surface area contributed by atoms with E-state index in [9.17, 15) is 5.26 Å². The maximum absolute atomic E-state index is 9.26. The van der Waals surface area contributed by atoms with Crippen LogP contribution in [0.1, 0.15) is 22.3 Å². The molecule has 25 heavy (non-hydrogen) atoms. The molecule has 4 aromatic rings. The summed E-state index contributed by atoms with van der Waals surface area (Å²) >= 11 is 1.61. The molecule has 2 aromatic carbocycles. The largest absolute Gasteiger partial charge is 0.270 e. The number of nitriles is 1. The molecule has 122 valence electrons. The van der Waals surface area contributed by atoms with Crippen molar-refractivity contribution in [3.63, 3.8) is 0 Å². The number of hydrogen-bond donors (Lipinski definition) is 0. The molecule has 2 heterocycles. The van der Waals surface area contributed by atoms with Crippen LogP contribution in [-0.4, -0.2) is 14.6 Å². The van der Waals surface area contributed by atoms with Crippen molar-refractivity contribution in [2.24, 2.45) is 0 Å². The number of fused-ring (bicyclic) bond motifs is 3. The van der Waals surface area contributed by atoms with Gasteiger partial charge in [0.05, 0.1) is 17.1 Å². The Labute approximate surface area is 150 Å². The van der Waals surface area contributed by atoms with E-state index in [1.165, 1.54) is 16.5 Å². The van der Waals surface area contributed by atoms with E-state index in [4.69, 9.17) is 0 Å². The first-order chi connectivity index (χ1) is 12.2. The summed E-state index contributed by atoms with van der Waals surface area (Å²) in [5.41, 5.74) is 6.13. The van der Waals surface area contributed by atoms with Gasteiger partial charge in [0, 0.05) is 11.1 Å². The maximum Gasteiger partial charge on any atom is 0.196 e. The topological polar surface area (TPSA) is 54.0 Å². The van der Waals surface area contributed by atoms with Crippen LogP contribution in [0.15, 0.2) is 53.7 Å². The molecule has 0 aliphatic rings. The SMILES string of the molecule is Cc1cc2nnc(SCc3ccccc3C#N)n2c2c(C)cccc12. The molecule has 0 saturated carbocycles. The Balaban J connectivity index is 1.82. The van der Waals surface area contributed by atoms with Gasteiger partial charge in [-0.25, -0.2) is 0 Å². The highest BCUT2D eigenvalue weighted by Crippen LogP contribution is 2.29. The predicted octanol–water partition coefficient (Wildman–Crippen LogP) is 4.66. The van der Waals surface area contributed by atoms with Gasteiger partial charge in [-0.1, -0.05) is 48.2 Å². The molecule has 0 aliphatic heterocycles. The van der Waals surface area contributed by atoms with Crippen LogP contribution in [0.4, 0.5) is 0 Å². The number of nitrogens with zero attached hydrogens (tertiary/aromatic N) is 4. The molecule has 5 heteroatoms. The number of thioether (sulfide) groups is 1. The maximum atomic E-state index is 9.26. The van der Waals surface area contributed by atoms with Crippen LogP contribution in [0.25, 0.3) is 16.6 Å². The zero-order valence-electron chi connectivity index (χ0n) is 14.0. The molecule has 0 fully saturated rings. The van der Waals surface area contributed by atoms with Crippen molar-refractivity contribution in [2.45, 2.75) is 24.8 Å². The van der Waals surface area contributed by atoms with Gasteiger partial charge in [-0.05, 0) is 42.7 Å². The lowest BCUT2D eigenvalue weighted by Crippen LogP contribution is -1.96. The molecule has 0 amide bonds. The fourth-order valence-electron chi connectivity index (χ4n) is 3.12. The van der Waals surface area contributed by atoms with E-state index in [-0.39, 0.29) is 0 Å². The number of benzene rings is 2. The molecule has 0 bridgehead atoms. The van der Waals surface area contributed by atoms with Crippen LogP contribution in [0.2, 0.25) is 0 Å². The van der Waals surface area contributed by atoms with Crippen LogP contribution in [0.3, 0.4) is 0 Å². The van der Waals surface area contributed by atoms with E-state index in [0.29, 0.717) is 11.3 Å². The third-order valence-corrected chi connectivity index (χ3v) is 5.36. The van der Waals surface area contributed by atoms with Gasteiger partial charge in [0.2, 0.25) is 0 Å². The second-order valence-electron chi connectivity index (χ2n) is 6.03. The van der Waals surface area contributed by atoms with Gasteiger partial charge in [0.1, 0.15) is 0 Å². The smallest absolute Gasteiger partial charge is 0.196 e. The van der Waals surface area contributed by atoms with Crippen LogP contribution in [0, 0.1) is 25.2 Å². The van der Waals surface area contributed by atoms with Crippen molar-refractivity contribution in [1.82, 2.24) is 14.6 Å². The standard InChI is InChI=1S/C20H16N4S/c1-13-6-5-9-17-14(2)10-18-22-23-20(24(18)19(13)17)25-12-16-8-4-3-7-15(16)11-21/h3-10H,12H2,1-2H3. The Morgan fingerprint density at radius 3 is 2.72 bits per heavy atom. The Hall–Kier alpha value is -2.84. The van der Waals surface area contributed by atoms with E-state index in [1.54, 1.807) is 11.8 Å². The average Bonchev–Trinajstić information content (AvgIpc) is 3.03. The Bertz CT molecular complexity index is 1140. The minimum Gasteiger partial charge on any atom is -0.270 e. The first-order valence-electron chi connectivity index (χ1n) is 8.04. The lowest BCUT2D eigenvalue weighted by atomic mass is 10.1. The fraction of sp³-hybridized carbons (Fsp3) is 0.150. The molecular weight excluding hydrogens is 328 g/mol. The van der Waals surface area contributed by atoms with E-state index >= 15 is 0 Å². The molecule has 4 nitrogen and oxygen atoms in total. The van der Waals surface area contributed by atoms with Gasteiger partial charge in [-0.2, -0.15) is 5.26 Å². The quantitative estimate of drug-likeness (QED) is 0.507. The van der Waals surface area contributed by atoms with Crippen molar-refractivity contribution in [3.05, 3.63) is 70.8 Å². The molecular formula is C20H16N4S. The molecule has 0 aliphatic carbocycles. The lowest BCUT2D eigenvalue weighted by Gasteiger charge is -2.10. The van der Waals surface area contributed by atoms with Crippen molar-refractivity contribution in [1.29, 1.82) is 5.26 Å². The first-order valence-corrected chi connectivity index (χ1v) is 9.02. The summed E-state index contributed by atoms with van der Waals surface area (Å²) in [5, 5.41) is 20.1. The summed E-state index contributed by atoms with van der Waals surface area (Å²) in [4.78, 5) is 0. The average molecular weight is 344 g/mol. The van der Waals surface area contributed by atoms with Crippen molar-refractivity contribution >= 4 is 28.3 Å². The number of para-hydroxylation sites is 1. The number of pyridine rings is 1. The second-order valence-corrected chi connectivity index (χ2v) is 6.97. The fourth-order valence-corrected chi connectivity index (χ4v) is 4.07. The zero-order chi connectivity index (χ0) is 17.4. The molecule has 0 N–H and O–H groups in total. The van der Waals surface area contributed by atoms with Crippen LogP contribution in [-0.2, 0) is 5.75 Å². The summed E-state index contributed by atoms with van der Waals surface area (Å²) in [6.45, 7) is 4.22. The highest BCUT2D eigenvalue weighted by molar-refractivity contribution is 7.98. The summed E-state index contributed by atoms with van der Waals surface area (Å²) in [7, 11) is 0. The summed E-state index contributed by atoms with van der Waals surface area (Å²) in [5.74, 6) is 0.686. The first kappa shape index (κ1) is 15.7. The summed E-state index contributed by atoms with van der Waals surface area (Å²) < 4.78 is 2.12. The van der Waals surface area contributed by atoms with Crippen molar-refractivity contribution < 1.29 is 0 Å². The van der Waals surface area contributed by atoms with Crippen LogP contribution >= 0.6 is 11.8 Å². The molecule has 0 unspecified atom stereocenters. The van der Waals surface area contributed by atoms with E-state index < -0.39 is 0 Å². The summed E-state index contributed by atoms with van der Waals surface area (Å²) in [6.07, 6.45) is 0. The van der Waals surface area contributed by atoms with Gasteiger partial charge < -0.3 is 0 Å². The molecule has 0 spiro atoms. The zero-order valence-corrected chi connectivity index (χ0v) is 14.8. The Kier molecular flexibility index (Phi) is 3.90. The highest BCUT2D eigenvalue weighted by Gasteiger charge is 2.13. The van der Waals surface area contributed by atoms with Crippen molar-refractivity contribution in [2.75, 3.05) is 0 Å². The third kappa shape index (κ3) is 2.65. The highest BCUT2D eigenvalue weighted by atomic mass is 32.2. The van der Waals surface area contributed by atoms with Crippen LogP contribution < -0.4 is 0 Å².